The molecule has 20 heavy (non-hydrogen) atoms. The van der Waals surface area contributed by atoms with Gasteiger partial charge in [0.2, 0.25) is 0 Å². The number of hydrogen-bond acceptors (Lipinski definition) is 4. The van der Waals surface area contributed by atoms with E-state index in [1.165, 1.54) is 5.56 Å². The highest BCUT2D eigenvalue weighted by molar-refractivity contribution is 5.87. The van der Waals surface area contributed by atoms with Crippen molar-refractivity contribution in [2.75, 3.05) is 27.4 Å². The van der Waals surface area contributed by atoms with E-state index in [2.05, 4.69) is 6.20 Å². The summed E-state index contributed by atoms with van der Waals surface area (Å²) in [6, 6.07) is 3.95. The molecule has 5 heteroatoms. The third kappa shape index (κ3) is 2.73. The number of aryl methyl sites for hydroxylation is 1. The molecular weight excluding hydrogens is 256 g/mol. The molecule has 110 valence electrons. The van der Waals surface area contributed by atoms with Crippen LogP contribution in [0, 0.1) is 0 Å². The van der Waals surface area contributed by atoms with E-state index in [4.69, 9.17) is 15.2 Å². The van der Waals surface area contributed by atoms with E-state index in [0.717, 1.165) is 29.5 Å². The van der Waals surface area contributed by atoms with Crippen LogP contribution in [0.3, 0.4) is 0 Å². The average Bonchev–Trinajstić information content (AvgIpc) is 2.81. The second-order valence-corrected chi connectivity index (χ2v) is 4.69. The Morgan fingerprint density at radius 2 is 1.90 bits per heavy atom. The Labute approximate surface area is 118 Å². The molecule has 1 aromatic carbocycles. The summed E-state index contributed by atoms with van der Waals surface area (Å²) in [5.74, 6) is 1.42. The van der Waals surface area contributed by atoms with Crippen molar-refractivity contribution in [3.8, 4) is 11.5 Å². The first-order valence-corrected chi connectivity index (χ1v) is 6.79. The fourth-order valence-electron chi connectivity index (χ4n) is 2.47. The van der Waals surface area contributed by atoms with Crippen LogP contribution in [0.15, 0.2) is 18.3 Å². The molecule has 0 saturated carbocycles. The number of ether oxygens (including phenoxy) is 2. The molecule has 0 atom stereocenters. The van der Waals surface area contributed by atoms with Crippen LogP contribution >= 0.6 is 0 Å². The summed E-state index contributed by atoms with van der Waals surface area (Å²) < 4.78 is 12.8. The smallest absolute Gasteiger partial charge is 0.162 e. The SMILES string of the molecule is COc1cc2c(CCCN)cn(CCO)c2cc1OC. The Morgan fingerprint density at radius 1 is 1.20 bits per heavy atom. The molecule has 0 radical (unpaired) electrons. The van der Waals surface area contributed by atoms with Gasteiger partial charge in [-0.2, -0.15) is 0 Å². The Kier molecular flexibility index (Phi) is 4.87. The third-order valence-corrected chi connectivity index (χ3v) is 3.46. The lowest BCUT2D eigenvalue weighted by Crippen LogP contribution is -2.01. The summed E-state index contributed by atoms with van der Waals surface area (Å²) >= 11 is 0. The van der Waals surface area contributed by atoms with Gasteiger partial charge in [0.25, 0.3) is 0 Å². The summed E-state index contributed by atoms with van der Waals surface area (Å²) in [7, 11) is 3.26. The van der Waals surface area contributed by atoms with Crippen molar-refractivity contribution < 1.29 is 14.6 Å². The lowest BCUT2D eigenvalue weighted by atomic mass is 10.1. The maximum atomic E-state index is 9.19. The van der Waals surface area contributed by atoms with Crippen LogP contribution in [0.5, 0.6) is 11.5 Å². The maximum Gasteiger partial charge on any atom is 0.162 e. The Hall–Kier alpha value is -1.72. The predicted molar refractivity (Wildman–Crippen MR) is 79.5 cm³/mol. The Bertz CT molecular complexity index is 578. The van der Waals surface area contributed by atoms with Gasteiger partial charge < -0.3 is 24.9 Å². The molecule has 0 unspecified atom stereocenters. The number of benzene rings is 1. The second kappa shape index (κ2) is 6.63. The number of aromatic nitrogens is 1. The van der Waals surface area contributed by atoms with E-state index in [0.29, 0.717) is 18.8 Å². The van der Waals surface area contributed by atoms with Crippen LogP contribution < -0.4 is 15.2 Å². The van der Waals surface area contributed by atoms with Crippen molar-refractivity contribution in [2.45, 2.75) is 19.4 Å². The van der Waals surface area contributed by atoms with Crippen molar-refractivity contribution in [1.82, 2.24) is 4.57 Å². The lowest BCUT2D eigenvalue weighted by Gasteiger charge is -2.09. The first kappa shape index (κ1) is 14.7. The molecular formula is C15H22N2O3. The Balaban J connectivity index is 2.56. The minimum absolute atomic E-state index is 0.106. The first-order valence-electron chi connectivity index (χ1n) is 6.79. The number of hydrogen-bond donors (Lipinski definition) is 2. The molecule has 0 aliphatic rings. The van der Waals surface area contributed by atoms with Crippen molar-refractivity contribution in [3.63, 3.8) is 0 Å². The molecule has 0 spiro atoms. The first-order chi connectivity index (χ1) is 9.74. The molecule has 2 rings (SSSR count). The minimum atomic E-state index is 0.106. The van der Waals surface area contributed by atoms with Crippen molar-refractivity contribution >= 4 is 10.9 Å². The molecule has 2 aromatic rings. The number of methoxy groups -OCH3 is 2. The van der Waals surface area contributed by atoms with Crippen molar-refractivity contribution in [1.29, 1.82) is 0 Å². The molecule has 0 saturated heterocycles. The van der Waals surface area contributed by atoms with Crippen molar-refractivity contribution in [2.24, 2.45) is 5.73 Å². The molecule has 0 fully saturated rings. The summed E-state index contributed by atoms with van der Waals surface area (Å²) in [6.45, 7) is 1.34. The third-order valence-electron chi connectivity index (χ3n) is 3.46. The van der Waals surface area contributed by atoms with Gasteiger partial charge in [-0.1, -0.05) is 0 Å². The standard InChI is InChI=1S/C15H22N2O3/c1-19-14-8-12-11(4-3-5-16)10-17(6-7-18)13(12)9-15(14)20-2/h8-10,18H,3-7,16H2,1-2H3. The van der Waals surface area contributed by atoms with Crippen LogP contribution in [-0.4, -0.2) is 37.0 Å². The van der Waals surface area contributed by atoms with Gasteiger partial charge in [-0.05, 0) is 31.0 Å². The highest BCUT2D eigenvalue weighted by Crippen LogP contribution is 2.35. The fourth-order valence-corrected chi connectivity index (χ4v) is 2.47. The number of nitrogens with two attached hydrogens (primary N) is 1. The monoisotopic (exact) mass is 278 g/mol. The largest absolute Gasteiger partial charge is 0.493 e. The molecule has 0 bridgehead atoms. The molecule has 0 aliphatic heterocycles. The number of fused-ring (bicyclic) bond motifs is 1. The van der Waals surface area contributed by atoms with Gasteiger partial charge >= 0.3 is 0 Å². The van der Waals surface area contributed by atoms with Crippen LogP contribution in [0.2, 0.25) is 0 Å². The predicted octanol–water partition coefficient (Wildman–Crippen LogP) is 1.54. The average molecular weight is 278 g/mol. The van der Waals surface area contributed by atoms with Gasteiger partial charge in [-0.3, -0.25) is 0 Å². The summed E-state index contributed by atoms with van der Waals surface area (Å²) in [6.07, 6.45) is 3.93. The van der Waals surface area contributed by atoms with Crippen LogP contribution in [0.25, 0.3) is 10.9 Å². The van der Waals surface area contributed by atoms with E-state index >= 15 is 0 Å². The van der Waals surface area contributed by atoms with Crippen LogP contribution in [0.4, 0.5) is 0 Å². The van der Waals surface area contributed by atoms with Gasteiger partial charge in [0, 0.05) is 24.2 Å². The van der Waals surface area contributed by atoms with E-state index in [-0.39, 0.29) is 6.61 Å². The molecule has 1 aromatic heterocycles. The topological polar surface area (TPSA) is 69.6 Å². The molecule has 0 amide bonds. The maximum absolute atomic E-state index is 9.19. The Morgan fingerprint density at radius 3 is 2.50 bits per heavy atom. The summed E-state index contributed by atoms with van der Waals surface area (Å²) in [5.41, 5.74) is 7.86. The van der Waals surface area contributed by atoms with E-state index < -0.39 is 0 Å². The van der Waals surface area contributed by atoms with Crippen LogP contribution in [-0.2, 0) is 13.0 Å². The highest BCUT2D eigenvalue weighted by Gasteiger charge is 2.13. The van der Waals surface area contributed by atoms with Crippen LogP contribution in [0.1, 0.15) is 12.0 Å². The second-order valence-electron chi connectivity index (χ2n) is 4.69. The van der Waals surface area contributed by atoms with Gasteiger partial charge in [0.1, 0.15) is 0 Å². The zero-order valence-corrected chi connectivity index (χ0v) is 12.1. The highest BCUT2D eigenvalue weighted by atomic mass is 16.5. The van der Waals surface area contributed by atoms with Gasteiger partial charge in [-0.25, -0.2) is 0 Å². The summed E-state index contributed by atoms with van der Waals surface area (Å²) in [5, 5.41) is 10.3. The molecule has 5 nitrogen and oxygen atoms in total. The number of aliphatic hydroxyl groups is 1. The van der Waals surface area contributed by atoms with Gasteiger partial charge in [-0.15, -0.1) is 0 Å². The zero-order valence-electron chi connectivity index (χ0n) is 12.1. The van der Waals surface area contributed by atoms with E-state index in [9.17, 15) is 5.11 Å². The molecule has 3 N–H and O–H groups in total. The number of rotatable bonds is 7. The summed E-state index contributed by atoms with van der Waals surface area (Å²) in [4.78, 5) is 0. The van der Waals surface area contributed by atoms with E-state index in [1.807, 2.05) is 16.7 Å². The fraction of sp³-hybridized carbons (Fsp3) is 0.467. The molecule has 1 heterocycles. The minimum Gasteiger partial charge on any atom is -0.493 e. The zero-order chi connectivity index (χ0) is 14.5. The van der Waals surface area contributed by atoms with Gasteiger partial charge in [0.05, 0.1) is 26.3 Å². The lowest BCUT2D eigenvalue weighted by molar-refractivity contribution is 0.278. The quantitative estimate of drug-likeness (QED) is 0.806. The van der Waals surface area contributed by atoms with E-state index in [1.54, 1.807) is 14.2 Å². The normalized spacial score (nSPS) is 11.0. The number of nitrogens with zero attached hydrogens (tertiary/aromatic N) is 1. The number of aliphatic hydroxyl groups excluding tert-OH is 1. The van der Waals surface area contributed by atoms with Gasteiger partial charge in [0.15, 0.2) is 11.5 Å². The molecule has 0 aliphatic carbocycles. The van der Waals surface area contributed by atoms with Crippen molar-refractivity contribution in [3.05, 3.63) is 23.9 Å².